The average Bonchev–Trinajstić information content (AvgIpc) is 2.55. The van der Waals surface area contributed by atoms with Crippen LogP contribution in [-0.4, -0.2) is 24.0 Å². The highest BCUT2D eigenvalue weighted by atomic mass is 16.5. The highest BCUT2D eigenvalue weighted by molar-refractivity contribution is 5.76. The lowest BCUT2D eigenvalue weighted by molar-refractivity contribution is -0.147. The molecule has 3 rings (SSSR count). The maximum Gasteiger partial charge on any atom is 0.323 e. The van der Waals surface area contributed by atoms with Gasteiger partial charge in [0, 0.05) is 13.1 Å². The van der Waals surface area contributed by atoms with Gasteiger partial charge in [0.15, 0.2) is 0 Å². The van der Waals surface area contributed by atoms with Gasteiger partial charge in [0.1, 0.15) is 6.04 Å². The molecule has 22 heavy (non-hydrogen) atoms. The van der Waals surface area contributed by atoms with Crippen molar-refractivity contribution in [3.63, 3.8) is 0 Å². The molecule has 1 aliphatic rings. The van der Waals surface area contributed by atoms with E-state index in [1.807, 2.05) is 6.07 Å². The summed E-state index contributed by atoms with van der Waals surface area (Å²) in [4.78, 5) is 14.4. The molecule has 1 unspecified atom stereocenters. The summed E-state index contributed by atoms with van der Waals surface area (Å²) >= 11 is 0. The Morgan fingerprint density at radius 3 is 2.50 bits per heavy atom. The largest absolute Gasteiger partial charge is 0.468 e. The maximum absolute atomic E-state index is 12.2. The zero-order valence-corrected chi connectivity index (χ0v) is 13.1. The summed E-state index contributed by atoms with van der Waals surface area (Å²) in [7, 11) is 1.47. The van der Waals surface area contributed by atoms with Crippen LogP contribution in [0.15, 0.2) is 48.5 Å². The molecule has 0 amide bonds. The third kappa shape index (κ3) is 3.04. The van der Waals surface area contributed by atoms with E-state index in [1.165, 1.54) is 29.4 Å². The number of benzene rings is 2. The van der Waals surface area contributed by atoms with Gasteiger partial charge in [0.25, 0.3) is 0 Å². The topological polar surface area (TPSA) is 29.5 Å². The average molecular weight is 295 g/mol. The number of hydrogen-bond acceptors (Lipinski definition) is 3. The van der Waals surface area contributed by atoms with Gasteiger partial charge in [-0.3, -0.25) is 9.69 Å². The van der Waals surface area contributed by atoms with Crippen molar-refractivity contribution in [2.75, 3.05) is 7.11 Å². The molecule has 0 bridgehead atoms. The number of nitrogens with zero attached hydrogens (tertiary/aromatic N) is 1. The Morgan fingerprint density at radius 2 is 1.82 bits per heavy atom. The maximum atomic E-state index is 12.2. The SMILES string of the molecule is COC(=O)C1Cc2ccccc2CN1Cc1ccc(C)cc1. The smallest absolute Gasteiger partial charge is 0.323 e. The molecule has 1 atom stereocenters. The van der Waals surface area contributed by atoms with Crippen molar-refractivity contribution >= 4 is 5.97 Å². The molecule has 2 aromatic carbocycles. The Hall–Kier alpha value is -2.13. The highest BCUT2D eigenvalue weighted by Crippen LogP contribution is 2.25. The summed E-state index contributed by atoms with van der Waals surface area (Å²) in [6, 6.07) is 16.6. The molecule has 0 saturated heterocycles. The highest BCUT2D eigenvalue weighted by Gasteiger charge is 2.32. The molecule has 114 valence electrons. The monoisotopic (exact) mass is 295 g/mol. The molecule has 3 nitrogen and oxygen atoms in total. The van der Waals surface area contributed by atoms with Crippen molar-refractivity contribution in [1.82, 2.24) is 4.90 Å². The van der Waals surface area contributed by atoms with E-state index in [0.29, 0.717) is 6.42 Å². The van der Waals surface area contributed by atoms with Gasteiger partial charge in [-0.15, -0.1) is 0 Å². The minimum absolute atomic E-state index is 0.151. The van der Waals surface area contributed by atoms with Crippen LogP contribution in [0.4, 0.5) is 0 Å². The van der Waals surface area contributed by atoms with Gasteiger partial charge in [-0.1, -0.05) is 54.1 Å². The van der Waals surface area contributed by atoms with E-state index in [-0.39, 0.29) is 12.0 Å². The van der Waals surface area contributed by atoms with E-state index < -0.39 is 0 Å². The van der Waals surface area contributed by atoms with Gasteiger partial charge in [-0.05, 0) is 30.0 Å². The predicted molar refractivity (Wildman–Crippen MR) is 86.4 cm³/mol. The van der Waals surface area contributed by atoms with E-state index >= 15 is 0 Å². The Bertz CT molecular complexity index is 663. The van der Waals surface area contributed by atoms with Gasteiger partial charge in [0.2, 0.25) is 0 Å². The van der Waals surface area contributed by atoms with Gasteiger partial charge < -0.3 is 4.74 Å². The van der Waals surface area contributed by atoms with Crippen LogP contribution in [0.3, 0.4) is 0 Å². The van der Waals surface area contributed by atoms with Crippen LogP contribution in [0.25, 0.3) is 0 Å². The van der Waals surface area contributed by atoms with Crippen LogP contribution in [0, 0.1) is 6.92 Å². The van der Waals surface area contributed by atoms with Crippen molar-refractivity contribution in [2.45, 2.75) is 32.5 Å². The second kappa shape index (κ2) is 6.32. The first-order valence-electron chi connectivity index (χ1n) is 7.61. The third-order valence-electron chi connectivity index (χ3n) is 4.33. The molecule has 1 heterocycles. The minimum atomic E-state index is -0.207. The summed E-state index contributed by atoms with van der Waals surface area (Å²) < 4.78 is 5.01. The number of carbonyl (C=O) groups excluding carboxylic acids is 1. The van der Waals surface area contributed by atoms with Gasteiger partial charge in [-0.25, -0.2) is 0 Å². The van der Waals surface area contributed by atoms with Gasteiger partial charge in [-0.2, -0.15) is 0 Å². The summed E-state index contributed by atoms with van der Waals surface area (Å²) in [5.74, 6) is -0.151. The minimum Gasteiger partial charge on any atom is -0.468 e. The summed E-state index contributed by atoms with van der Waals surface area (Å²) in [6.07, 6.45) is 0.717. The van der Waals surface area contributed by atoms with E-state index in [9.17, 15) is 4.79 Å². The number of ether oxygens (including phenoxy) is 1. The van der Waals surface area contributed by atoms with E-state index in [2.05, 4.69) is 54.3 Å². The first kappa shape index (κ1) is 14.8. The molecule has 0 fully saturated rings. The molecule has 0 spiro atoms. The Kier molecular flexibility index (Phi) is 4.25. The second-order valence-electron chi connectivity index (χ2n) is 5.90. The number of hydrogen-bond donors (Lipinski definition) is 0. The van der Waals surface area contributed by atoms with E-state index in [4.69, 9.17) is 4.74 Å². The van der Waals surface area contributed by atoms with Crippen molar-refractivity contribution in [2.24, 2.45) is 0 Å². The number of fused-ring (bicyclic) bond motifs is 1. The van der Waals surface area contributed by atoms with Crippen molar-refractivity contribution in [3.8, 4) is 0 Å². The van der Waals surface area contributed by atoms with Crippen molar-refractivity contribution in [3.05, 3.63) is 70.8 Å². The third-order valence-corrected chi connectivity index (χ3v) is 4.33. The Labute approximate surface area is 131 Å². The molecule has 0 N–H and O–H groups in total. The second-order valence-corrected chi connectivity index (χ2v) is 5.90. The van der Waals surface area contributed by atoms with Crippen LogP contribution in [0.5, 0.6) is 0 Å². The normalized spacial score (nSPS) is 17.8. The lowest BCUT2D eigenvalue weighted by atomic mass is 9.93. The first-order chi connectivity index (χ1) is 10.7. The van der Waals surface area contributed by atoms with Crippen molar-refractivity contribution < 1.29 is 9.53 Å². The number of esters is 1. The van der Waals surface area contributed by atoms with Crippen LogP contribution in [-0.2, 0) is 29.0 Å². The molecular weight excluding hydrogens is 274 g/mol. The summed E-state index contributed by atoms with van der Waals surface area (Å²) in [5, 5.41) is 0. The molecule has 0 radical (unpaired) electrons. The van der Waals surface area contributed by atoms with Crippen LogP contribution >= 0.6 is 0 Å². The molecular formula is C19H21NO2. The van der Waals surface area contributed by atoms with E-state index in [1.54, 1.807) is 0 Å². The number of rotatable bonds is 3. The fraction of sp³-hybridized carbons (Fsp3) is 0.316. The number of methoxy groups -OCH3 is 1. The van der Waals surface area contributed by atoms with Gasteiger partial charge in [0.05, 0.1) is 7.11 Å². The fourth-order valence-electron chi connectivity index (χ4n) is 3.04. The Morgan fingerprint density at radius 1 is 1.14 bits per heavy atom. The molecule has 0 saturated carbocycles. The zero-order valence-electron chi connectivity index (χ0n) is 13.1. The van der Waals surface area contributed by atoms with Gasteiger partial charge >= 0.3 is 5.97 Å². The molecule has 0 aliphatic carbocycles. The zero-order chi connectivity index (χ0) is 15.5. The quantitative estimate of drug-likeness (QED) is 0.815. The van der Waals surface area contributed by atoms with Crippen LogP contribution in [0.1, 0.15) is 22.3 Å². The number of aryl methyl sites for hydroxylation is 1. The molecule has 0 aromatic heterocycles. The predicted octanol–water partition coefficient (Wildman–Crippen LogP) is 3.09. The Balaban J connectivity index is 1.86. The number of carbonyl (C=O) groups is 1. The van der Waals surface area contributed by atoms with Crippen LogP contribution < -0.4 is 0 Å². The first-order valence-corrected chi connectivity index (χ1v) is 7.61. The van der Waals surface area contributed by atoms with Crippen LogP contribution in [0.2, 0.25) is 0 Å². The van der Waals surface area contributed by atoms with E-state index in [0.717, 1.165) is 13.1 Å². The molecule has 3 heteroatoms. The molecule has 1 aliphatic heterocycles. The summed E-state index contributed by atoms with van der Waals surface area (Å²) in [6.45, 7) is 3.62. The molecule has 2 aromatic rings. The standard InChI is InChI=1S/C19H21NO2/c1-14-7-9-15(10-8-14)12-20-13-17-6-4-3-5-16(17)11-18(20)19(21)22-2/h3-10,18H,11-13H2,1-2H3. The lowest BCUT2D eigenvalue weighted by Gasteiger charge is -2.35. The fourth-order valence-corrected chi connectivity index (χ4v) is 3.04. The lowest BCUT2D eigenvalue weighted by Crippen LogP contribution is -2.45. The summed E-state index contributed by atoms with van der Waals surface area (Å²) in [5.41, 5.74) is 5.02. The van der Waals surface area contributed by atoms with Crippen molar-refractivity contribution in [1.29, 1.82) is 0 Å².